The molecule has 0 aliphatic carbocycles. The Morgan fingerprint density at radius 2 is 1.75 bits per heavy atom. The Morgan fingerprint density at radius 1 is 1.04 bits per heavy atom. The number of aliphatic carboxylic acids is 1. The van der Waals surface area contributed by atoms with Crippen molar-refractivity contribution in [3.05, 3.63) is 48.6 Å². The molecule has 1 N–H and O–H groups in total. The van der Waals surface area contributed by atoms with Crippen LogP contribution in [0.3, 0.4) is 0 Å². The summed E-state index contributed by atoms with van der Waals surface area (Å²) in [6, 6.07) is 0. The molecule has 0 bridgehead atoms. The number of unbranched alkanes of at least 4 members (excludes halogenated alkanes) is 3. The van der Waals surface area contributed by atoms with Gasteiger partial charge in [-0.2, -0.15) is 0 Å². The average molecular weight is 335 g/mol. The van der Waals surface area contributed by atoms with Crippen LogP contribution in [0.4, 0.5) is 0 Å². The number of carbonyl (C=O) groups excluding carboxylic acids is 1. The predicted octanol–water partition coefficient (Wildman–Crippen LogP) is 4.35. The van der Waals surface area contributed by atoms with Crippen molar-refractivity contribution in [2.45, 2.75) is 70.8 Å². The largest absolute Gasteiger partial charge is 0.550 e. The van der Waals surface area contributed by atoms with Crippen LogP contribution in [0.25, 0.3) is 0 Å². The Bertz CT molecular complexity index is 408. The van der Waals surface area contributed by atoms with Crippen molar-refractivity contribution in [3.8, 4) is 0 Å². The molecule has 0 amide bonds. The van der Waals surface area contributed by atoms with E-state index in [2.05, 4.69) is 36.1 Å². The SMILES string of the molecule is CCCCCC=CCC=CCC=CC=CC(CCCC(=O)[O-])OO. The minimum absolute atomic E-state index is 0.0264. The first-order valence-electron chi connectivity index (χ1n) is 8.84. The lowest BCUT2D eigenvalue weighted by atomic mass is 10.1. The molecule has 4 nitrogen and oxygen atoms in total. The third-order valence-corrected chi connectivity index (χ3v) is 3.43. The first-order chi connectivity index (χ1) is 11.7. The van der Waals surface area contributed by atoms with Gasteiger partial charge in [-0.15, -0.1) is 0 Å². The minimum Gasteiger partial charge on any atom is -0.550 e. The third kappa shape index (κ3) is 16.7. The molecule has 0 rings (SSSR count). The number of carboxylic acid groups (broad SMARTS) is 1. The van der Waals surface area contributed by atoms with Crippen molar-refractivity contribution < 1.29 is 20.0 Å². The number of rotatable bonds is 15. The van der Waals surface area contributed by atoms with Gasteiger partial charge in [0.15, 0.2) is 0 Å². The molecule has 24 heavy (non-hydrogen) atoms. The van der Waals surface area contributed by atoms with E-state index in [1.165, 1.54) is 25.7 Å². The highest BCUT2D eigenvalue weighted by molar-refractivity contribution is 5.64. The molecule has 136 valence electrons. The molecule has 0 heterocycles. The summed E-state index contributed by atoms with van der Waals surface area (Å²) < 4.78 is 0. The normalized spacial score (nSPS) is 13.8. The van der Waals surface area contributed by atoms with E-state index in [0.29, 0.717) is 12.8 Å². The molecular weight excluding hydrogens is 304 g/mol. The molecule has 0 aromatic heterocycles. The number of hydrogen-bond donors (Lipinski definition) is 1. The van der Waals surface area contributed by atoms with Gasteiger partial charge in [0, 0.05) is 5.97 Å². The fourth-order valence-corrected chi connectivity index (χ4v) is 2.05. The maximum absolute atomic E-state index is 10.3. The van der Waals surface area contributed by atoms with E-state index in [9.17, 15) is 9.90 Å². The second-order valence-electron chi connectivity index (χ2n) is 5.63. The fraction of sp³-hybridized carbons (Fsp3) is 0.550. The Labute approximate surface area is 146 Å². The third-order valence-electron chi connectivity index (χ3n) is 3.43. The van der Waals surface area contributed by atoms with Gasteiger partial charge in [0.25, 0.3) is 0 Å². The lowest BCUT2D eigenvalue weighted by Crippen LogP contribution is -2.22. The summed E-state index contributed by atoms with van der Waals surface area (Å²) in [5.74, 6) is -1.09. The highest BCUT2D eigenvalue weighted by Crippen LogP contribution is 2.05. The van der Waals surface area contributed by atoms with E-state index < -0.39 is 12.1 Å². The highest BCUT2D eigenvalue weighted by atomic mass is 17.1. The zero-order valence-corrected chi connectivity index (χ0v) is 14.7. The van der Waals surface area contributed by atoms with Gasteiger partial charge in [0.1, 0.15) is 6.10 Å². The first-order valence-corrected chi connectivity index (χ1v) is 8.84. The summed E-state index contributed by atoms with van der Waals surface area (Å²) in [6.45, 7) is 2.21. The quantitative estimate of drug-likeness (QED) is 0.159. The van der Waals surface area contributed by atoms with Crippen molar-refractivity contribution in [2.75, 3.05) is 0 Å². The molecule has 4 heteroatoms. The lowest BCUT2D eigenvalue weighted by Gasteiger charge is -2.08. The van der Waals surface area contributed by atoms with Crippen molar-refractivity contribution in [1.82, 2.24) is 0 Å². The van der Waals surface area contributed by atoms with Crippen molar-refractivity contribution in [1.29, 1.82) is 0 Å². The molecular formula is C20H31O4-. The highest BCUT2D eigenvalue weighted by Gasteiger charge is 2.03. The molecule has 0 aliphatic heterocycles. The lowest BCUT2D eigenvalue weighted by molar-refractivity contribution is -0.306. The summed E-state index contributed by atoms with van der Waals surface area (Å²) >= 11 is 0. The second-order valence-corrected chi connectivity index (χ2v) is 5.63. The van der Waals surface area contributed by atoms with Crippen LogP contribution in [0.15, 0.2) is 48.6 Å². The molecule has 1 unspecified atom stereocenters. The number of hydrogen-bond acceptors (Lipinski definition) is 4. The van der Waals surface area contributed by atoms with Gasteiger partial charge < -0.3 is 9.90 Å². The van der Waals surface area contributed by atoms with Crippen molar-refractivity contribution in [2.24, 2.45) is 0 Å². The van der Waals surface area contributed by atoms with Crippen LogP contribution in [0.5, 0.6) is 0 Å². The van der Waals surface area contributed by atoms with E-state index in [1.807, 2.05) is 12.2 Å². The maximum Gasteiger partial charge on any atom is 0.111 e. The van der Waals surface area contributed by atoms with Crippen LogP contribution in [0.1, 0.15) is 64.7 Å². The molecule has 0 spiro atoms. The molecule has 0 radical (unpaired) electrons. The Balaban J connectivity index is 3.74. The van der Waals surface area contributed by atoms with Gasteiger partial charge >= 0.3 is 0 Å². The molecule has 0 saturated carbocycles. The van der Waals surface area contributed by atoms with Gasteiger partial charge in [0.2, 0.25) is 0 Å². The van der Waals surface area contributed by atoms with E-state index in [0.717, 1.165) is 12.8 Å². The van der Waals surface area contributed by atoms with Crippen LogP contribution in [-0.2, 0) is 9.68 Å². The molecule has 1 atom stereocenters. The minimum atomic E-state index is -1.09. The van der Waals surface area contributed by atoms with Crippen molar-refractivity contribution >= 4 is 5.97 Å². The summed E-state index contributed by atoms with van der Waals surface area (Å²) in [5, 5.41) is 19.0. The van der Waals surface area contributed by atoms with Crippen LogP contribution in [0.2, 0.25) is 0 Å². The van der Waals surface area contributed by atoms with Crippen molar-refractivity contribution in [3.63, 3.8) is 0 Å². The maximum atomic E-state index is 10.3. The second kappa shape index (κ2) is 17.7. The van der Waals surface area contributed by atoms with Gasteiger partial charge in [0.05, 0.1) is 0 Å². The first kappa shape index (κ1) is 22.4. The standard InChI is InChI=1S/C20H32O4/c1-2-3-4-5-6-7-8-9-10-11-12-13-14-16-19(24-23)17-15-18-20(21)22/h6-7,9-10,12-14,16,19,23H,2-5,8,11,15,17-18H2,1H3,(H,21,22)/p-1. The summed E-state index contributed by atoms with van der Waals surface area (Å²) in [7, 11) is 0. The van der Waals surface area contributed by atoms with Crippen LogP contribution < -0.4 is 5.11 Å². The zero-order chi connectivity index (χ0) is 17.9. The monoisotopic (exact) mass is 335 g/mol. The zero-order valence-electron chi connectivity index (χ0n) is 14.7. The van der Waals surface area contributed by atoms with Gasteiger partial charge in [-0.3, -0.25) is 5.26 Å². The van der Waals surface area contributed by atoms with Gasteiger partial charge in [-0.1, -0.05) is 68.4 Å². The average Bonchev–Trinajstić information content (AvgIpc) is 2.57. The van der Waals surface area contributed by atoms with E-state index in [4.69, 9.17) is 5.26 Å². The molecule has 0 saturated heterocycles. The summed E-state index contributed by atoms with van der Waals surface area (Å²) in [6.07, 6.45) is 23.3. The Morgan fingerprint density at radius 3 is 2.42 bits per heavy atom. The Kier molecular flexibility index (Phi) is 16.5. The van der Waals surface area contributed by atoms with Crippen LogP contribution >= 0.6 is 0 Å². The van der Waals surface area contributed by atoms with E-state index in [-0.39, 0.29) is 6.42 Å². The van der Waals surface area contributed by atoms with Crippen LogP contribution in [-0.4, -0.2) is 17.3 Å². The molecule has 0 fully saturated rings. The summed E-state index contributed by atoms with van der Waals surface area (Å²) in [5.41, 5.74) is 0. The van der Waals surface area contributed by atoms with E-state index in [1.54, 1.807) is 12.2 Å². The molecule has 0 aromatic carbocycles. The number of carboxylic acids is 1. The van der Waals surface area contributed by atoms with Gasteiger partial charge in [-0.05, 0) is 44.9 Å². The van der Waals surface area contributed by atoms with Crippen LogP contribution in [0, 0.1) is 0 Å². The smallest absolute Gasteiger partial charge is 0.111 e. The number of carbonyl (C=O) groups is 1. The summed E-state index contributed by atoms with van der Waals surface area (Å²) in [4.78, 5) is 14.6. The predicted molar refractivity (Wildman–Crippen MR) is 96.3 cm³/mol. The molecule has 0 aromatic rings. The fourth-order valence-electron chi connectivity index (χ4n) is 2.05. The number of allylic oxidation sites excluding steroid dienone is 7. The van der Waals surface area contributed by atoms with E-state index >= 15 is 0 Å². The van der Waals surface area contributed by atoms with Gasteiger partial charge in [-0.25, -0.2) is 4.89 Å². The Hall–Kier alpha value is -1.65. The topological polar surface area (TPSA) is 69.6 Å². The molecule has 0 aliphatic rings.